The third-order valence-corrected chi connectivity index (χ3v) is 3.04. The molecular formula is C9H18O8S. The van der Waals surface area contributed by atoms with Crippen molar-refractivity contribution < 1.29 is 36.1 Å². The highest BCUT2D eigenvalue weighted by molar-refractivity contribution is 7.80. The molecule has 0 aromatic rings. The summed E-state index contributed by atoms with van der Waals surface area (Å²) in [5.74, 6) is 0. The molecule has 9 heteroatoms. The molecule has 0 aliphatic carbocycles. The van der Waals surface area contributed by atoms with E-state index in [0.29, 0.717) is 13.0 Å². The van der Waals surface area contributed by atoms with Crippen LogP contribution in [0.15, 0.2) is 0 Å². The first-order valence-corrected chi connectivity index (χ1v) is 6.63. The Hall–Kier alpha value is -0.290. The predicted molar refractivity (Wildman–Crippen MR) is 59.4 cm³/mol. The van der Waals surface area contributed by atoms with Crippen LogP contribution in [0.5, 0.6) is 0 Å². The first kappa shape index (κ1) is 15.8. The Morgan fingerprint density at radius 2 is 1.94 bits per heavy atom. The maximum absolute atomic E-state index is 10.8. The predicted octanol–water partition coefficient (Wildman–Crippen LogP) is -0.403. The van der Waals surface area contributed by atoms with Gasteiger partial charge < -0.3 is 18.9 Å². The minimum Gasteiger partial charge on any atom is -0.382 e. The molecule has 1 rings (SSSR count). The Bertz CT molecular complexity index is 328. The summed E-state index contributed by atoms with van der Waals surface area (Å²) in [5, 5.41) is 0. The fourth-order valence-corrected chi connectivity index (χ4v) is 2.35. The Balaban J connectivity index is 2.79. The van der Waals surface area contributed by atoms with E-state index in [1.54, 1.807) is 0 Å². The summed E-state index contributed by atoms with van der Waals surface area (Å²) >= 11 is 0. The van der Waals surface area contributed by atoms with Crippen LogP contribution >= 0.6 is 0 Å². The zero-order valence-corrected chi connectivity index (χ0v) is 11.3. The Labute approximate surface area is 106 Å². The van der Waals surface area contributed by atoms with Crippen molar-refractivity contribution >= 4 is 10.4 Å². The van der Waals surface area contributed by atoms with E-state index in [2.05, 4.69) is 4.18 Å². The molecule has 108 valence electrons. The van der Waals surface area contributed by atoms with Crippen LogP contribution in [0.25, 0.3) is 0 Å². The van der Waals surface area contributed by atoms with Crippen molar-refractivity contribution in [2.45, 2.75) is 31.0 Å². The average molecular weight is 286 g/mol. The van der Waals surface area contributed by atoms with Gasteiger partial charge in [-0.25, -0.2) is 4.18 Å². The zero-order valence-electron chi connectivity index (χ0n) is 10.4. The van der Waals surface area contributed by atoms with Crippen molar-refractivity contribution in [3.8, 4) is 0 Å². The molecule has 1 saturated heterocycles. The molecule has 0 saturated carbocycles. The molecule has 18 heavy (non-hydrogen) atoms. The second-order valence-electron chi connectivity index (χ2n) is 3.82. The number of hydrogen-bond acceptors (Lipinski definition) is 7. The highest BCUT2D eigenvalue weighted by Crippen LogP contribution is 2.26. The van der Waals surface area contributed by atoms with E-state index in [0.717, 1.165) is 0 Å². The molecule has 0 amide bonds. The van der Waals surface area contributed by atoms with Crippen LogP contribution in [0.4, 0.5) is 0 Å². The minimum atomic E-state index is -4.61. The lowest BCUT2D eigenvalue weighted by Crippen LogP contribution is -2.52. The van der Waals surface area contributed by atoms with E-state index < -0.39 is 28.9 Å². The molecule has 1 aliphatic rings. The van der Waals surface area contributed by atoms with Gasteiger partial charge in [-0.3, -0.25) is 4.55 Å². The van der Waals surface area contributed by atoms with Gasteiger partial charge in [0.05, 0.1) is 18.8 Å². The number of ether oxygens (including phenoxy) is 4. The van der Waals surface area contributed by atoms with Crippen molar-refractivity contribution in [2.24, 2.45) is 0 Å². The minimum absolute atomic E-state index is 0.300. The lowest BCUT2D eigenvalue weighted by molar-refractivity contribution is -0.260. The highest BCUT2D eigenvalue weighted by Gasteiger charge is 2.42. The van der Waals surface area contributed by atoms with Gasteiger partial charge in [-0.2, -0.15) is 8.42 Å². The number of rotatable bonds is 6. The van der Waals surface area contributed by atoms with E-state index in [1.165, 1.54) is 21.3 Å². The topological polar surface area (TPSA) is 101 Å². The van der Waals surface area contributed by atoms with Crippen LogP contribution in [0.3, 0.4) is 0 Å². The second-order valence-corrected chi connectivity index (χ2v) is 4.86. The SMILES string of the molecule is COCC1CC(OC)C(OS(=O)(=O)O)[C@@H](OC)O1. The smallest absolute Gasteiger partial charge is 0.382 e. The fourth-order valence-electron chi connectivity index (χ4n) is 1.85. The summed E-state index contributed by atoms with van der Waals surface area (Å²) < 4.78 is 55.3. The van der Waals surface area contributed by atoms with E-state index in [9.17, 15) is 8.42 Å². The number of methoxy groups -OCH3 is 3. The van der Waals surface area contributed by atoms with Crippen molar-refractivity contribution in [1.82, 2.24) is 0 Å². The summed E-state index contributed by atoms with van der Waals surface area (Å²) in [5.41, 5.74) is 0. The molecule has 1 aliphatic heterocycles. The summed E-state index contributed by atoms with van der Waals surface area (Å²) in [4.78, 5) is 0. The molecule has 0 aromatic heterocycles. The first-order chi connectivity index (χ1) is 8.41. The Kier molecular flexibility index (Phi) is 5.92. The second kappa shape index (κ2) is 6.75. The highest BCUT2D eigenvalue weighted by atomic mass is 32.3. The quantitative estimate of drug-likeness (QED) is 0.658. The van der Waals surface area contributed by atoms with Gasteiger partial charge in [-0.15, -0.1) is 0 Å². The largest absolute Gasteiger partial charge is 0.397 e. The van der Waals surface area contributed by atoms with Crippen LogP contribution in [0, 0.1) is 0 Å². The van der Waals surface area contributed by atoms with E-state index in [4.69, 9.17) is 23.5 Å². The zero-order chi connectivity index (χ0) is 13.8. The lowest BCUT2D eigenvalue weighted by Gasteiger charge is -2.38. The first-order valence-electron chi connectivity index (χ1n) is 5.27. The summed E-state index contributed by atoms with van der Waals surface area (Å²) in [6, 6.07) is 0. The molecule has 1 heterocycles. The third-order valence-electron chi connectivity index (χ3n) is 2.58. The number of hydrogen-bond donors (Lipinski definition) is 1. The van der Waals surface area contributed by atoms with Gasteiger partial charge in [0.1, 0.15) is 0 Å². The molecule has 1 N–H and O–H groups in total. The van der Waals surface area contributed by atoms with Gasteiger partial charge in [0.2, 0.25) is 0 Å². The van der Waals surface area contributed by atoms with E-state index in [1.807, 2.05) is 0 Å². The van der Waals surface area contributed by atoms with Gasteiger partial charge in [0.25, 0.3) is 0 Å². The van der Waals surface area contributed by atoms with Crippen LogP contribution in [-0.2, 0) is 33.5 Å². The molecular weight excluding hydrogens is 268 g/mol. The standard InChI is InChI=1S/C9H18O8S/c1-13-5-6-4-7(14-2)8(9(15-3)16-6)17-18(10,11)12/h6-9H,4-5H2,1-3H3,(H,10,11,12)/t6?,7?,8?,9-/m0/s1. The van der Waals surface area contributed by atoms with Gasteiger partial charge in [0, 0.05) is 27.8 Å². The molecule has 1 fully saturated rings. The van der Waals surface area contributed by atoms with Gasteiger partial charge in [0.15, 0.2) is 12.4 Å². The monoisotopic (exact) mass is 286 g/mol. The molecule has 4 atom stereocenters. The van der Waals surface area contributed by atoms with Gasteiger partial charge >= 0.3 is 10.4 Å². The Morgan fingerprint density at radius 1 is 1.28 bits per heavy atom. The lowest BCUT2D eigenvalue weighted by atomic mass is 10.0. The molecule has 3 unspecified atom stereocenters. The summed E-state index contributed by atoms with van der Waals surface area (Å²) in [6.45, 7) is 0.318. The van der Waals surface area contributed by atoms with E-state index in [-0.39, 0.29) is 6.10 Å². The average Bonchev–Trinajstić information content (AvgIpc) is 2.29. The van der Waals surface area contributed by atoms with Crippen LogP contribution in [-0.4, -0.2) is 65.5 Å². The van der Waals surface area contributed by atoms with Crippen molar-refractivity contribution in [3.63, 3.8) is 0 Å². The van der Waals surface area contributed by atoms with Crippen molar-refractivity contribution in [3.05, 3.63) is 0 Å². The van der Waals surface area contributed by atoms with E-state index >= 15 is 0 Å². The molecule has 0 spiro atoms. The molecule has 0 radical (unpaired) electrons. The van der Waals surface area contributed by atoms with Crippen LogP contribution < -0.4 is 0 Å². The van der Waals surface area contributed by atoms with Crippen molar-refractivity contribution in [1.29, 1.82) is 0 Å². The molecule has 0 aromatic carbocycles. The van der Waals surface area contributed by atoms with Crippen LogP contribution in [0.2, 0.25) is 0 Å². The fraction of sp³-hybridized carbons (Fsp3) is 1.00. The molecule has 8 nitrogen and oxygen atoms in total. The summed E-state index contributed by atoms with van der Waals surface area (Å²) in [6.07, 6.45) is -2.56. The maximum Gasteiger partial charge on any atom is 0.397 e. The molecule has 0 bridgehead atoms. The van der Waals surface area contributed by atoms with Crippen molar-refractivity contribution in [2.75, 3.05) is 27.9 Å². The summed E-state index contributed by atoms with van der Waals surface area (Å²) in [7, 11) is -0.339. The van der Waals surface area contributed by atoms with Gasteiger partial charge in [-0.05, 0) is 0 Å². The Morgan fingerprint density at radius 3 is 2.39 bits per heavy atom. The van der Waals surface area contributed by atoms with Crippen LogP contribution in [0.1, 0.15) is 6.42 Å². The third kappa shape index (κ3) is 4.43. The van der Waals surface area contributed by atoms with Gasteiger partial charge in [-0.1, -0.05) is 0 Å². The normalized spacial score (nSPS) is 33.6. The maximum atomic E-state index is 10.8.